The third-order valence-electron chi connectivity index (χ3n) is 3.96. The van der Waals surface area contributed by atoms with E-state index in [0.717, 1.165) is 33.2 Å². The molecule has 0 N–H and O–H groups in total. The molecule has 0 saturated heterocycles. The first-order valence-electron chi connectivity index (χ1n) is 6.96. The Bertz CT molecular complexity index is 969. The smallest absolute Gasteiger partial charge is 0.234 e. The van der Waals surface area contributed by atoms with Gasteiger partial charge in [0.05, 0.1) is 18.0 Å². The lowest BCUT2D eigenvalue weighted by Crippen LogP contribution is -2.30. The Labute approximate surface area is 122 Å². The van der Waals surface area contributed by atoms with E-state index < -0.39 is 0 Å². The fourth-order valence-corrected chi connectivity index (χ4v) is 2.87. The monoisotopic (exact) mass is 275 g/mol. The first-order chi connectivity index (χ1) is 10.3. The summed E-state index contributed by atoms with van der Waals surface area (Å²) in [6.45, 7) is 2.11. The summed E-state index contributed by atoms with van der Waals surface area (Å²) in [4.78, 5) is 4.26. The fourth-order valence-electron chi connectivity index (χ4n) is 2.87. The molecule has 0 unspecified atom stereocenters. The molecule has 0 bridgehead atoms. The van der Waals surface area contributed by atoms with Crippen LogP contribution in [0.2, 0.25) is 0 Å². The molecule has 4 rings (SSSR count). The highest BCUT2D eigenvalue weighted by Gasteiger charge is 2.20. The molecule has 0 fully saturated rings. The summed E-state index contributed by atoms with van der Waals surface area (Å²) in [6, 6.07) is 12.4. The Morgan fingerprint density at radius 2 is 1.90 bits per heavy atom. The number of rotatable bonds is 1. The molecule has 0 aliphatic heterocycles. The normalized spacial score (nSPS) is 11.3. The molecule has 0 radical (unpaired) electrons. The summed E-state index contributed by atoms with van der Waals surface area (Å²) in [6.07, 6.45) is 5.63. The van der Waals surface area contributed by atoms with Crippen LogP contribution in [0.15, 0.2) is 59.4 Å². The van der Waals surface area contributed by atoms with Gasteiger partial charge in [0.25, 0.3) is 0 Å². The molecule has 2 aromatic heterocycles. The van der Waals surface area contributed by atoms with Crippen LogP contribution in [0.5, 0.6) is 0 Å². The van der Waals surface area contributed by atoms with Crippen molar-refractivity contribution in [2.75, 3.05) is 0 Å². The lowest BCUT2D eigenvalue weighted by Gasteiger charge is -2.04. The number of fused-ring (bicyclic) bond motifs is 3. The fraction of sp³-hybridized carbons (Fsp3) is 0.111. The second-order valence-electron chi connectivity index (χ2n) is 5.30. The van der Waals surface area contributed by atoms with Crippen molar-refractivity contribution in [3.05, 3.63) is 60.6 Å². The van der Waals surface area contributed by atoms with Gasteiger partial charge in [0.1, 0.15) is 18.2 Å². The predicted molar refractivity (Wildman–Crippen MR) is 82.9 cm³/mol. The Kier molecular flexibility index (Phi) is 2.54. The number of benzene rings is 2. The van der Waals surface area contributed by atoms with Gasteiger partial charge in [-0.3, -0.25) is 4.98 Å². The molecule has 0 spiro atoms. The largest absolute Gasteiger partial charge is 0.455 e. The Morgan fingerprint density at radius 3 is 2.76 bits per heavy atom. The summed E-state index contributed by atoms with van der Waals surface area (Å²) in [5.41, 5.74) is 5.20. The van der Waals surface area contributed by atoms with Gasteiger partial charge in [-0.2, -0.15) is 4.57 Å². The summed E-state index contributed by atoms with van der Waals surface area (Å²) >= 11 is 0. The molecule has 2 aromatic carbocycles. The van der Waals surface area contributed by atoms with Gasteiger partial charge in [-0.25, -0.2) is 0 Å². The Hall–Kier alpha value is -2.68. The van der Waals surface area contributed by atoms with E-state index in [1.807, 2.05) is 37.6 Å². The number of hydrogen-bond donors (Lipinski definition) is 0. The van der Waals surface area contributed by atoms with Crippen molar-refractivity contribution in [3.8, 4) is 11.3 Å². The van der Waals surface area contributed by atoms with Crippen LogP contribution in [0.3, 0.4) is 0 Å². The molecule has 3 heteroatoms. The van der Waals surface area contributed by atoms with Crippen molar-refractivity contribution < 1.29 is 8.98 Å². The lowest BCUT2D eigenvalue weighted by molar-refractivity contribution is -0.660. The third kappa shape index (κ3) is 1.74. The van der Waals surface area contributed by atoms with Crippen LogP contribution in [0.4, 0.5) is 0 Å². The number of aryl methyl sites for hydroxylation is 2. The van der Waals surface area contributed by atoms with Crippen LogP contribution in [-0.4, -0.2) is 4.98 Å². The zero-order valence-corrected chi connectivity index (χ0v) is 12.0. The van der Waals surface area contributed by atoms with Crippen molar-refractivity contribution in [1.82, 2.24) is 4.98 Å². The van der Waals surface area contributed by atoms with Gasteiger partial charge in [0.15, 0.2) is 6.20 Å². The SMILES string of the molecule is Cc1ccc2c(oc3ccccc32)c1-c1cncc[n+]1C. The molecule has 102 valence electrons. The number of aromatic nitrogens is 2. The molecule has 0 aliphatic carbocycles. The van der Waals surface area contributed by atoms with Crippen LogP contribution in [0.25, 0.3) is 33.2 Å². The maximum atomic E-state index is 6.13. The summed E-state index contributed by atoms with van der Waals surface area (Å²) in [5.74, 6) is 0. The maximum absolute atomic E-state index is 6.13. The van der Waals surface area contributed by atoms with Crippen LogP contribution in [0.1, 0.15) is 5.56 Å². The molecule has 0 amide bonds. The van der Waals surface area contributed by atoms with Crippen molar-refractivity contribution in [3.63, 3.8) is 0 Å². The summed E-state index contributed by atoms with van der Waals surface area (Å²) in [5, 5.41) is 2.30. The number of hydrogen-bond acceptors (Lipinski definition) is 2. The van der Waals surface area contributed by atoms with Gasteiger partial charge < -0.3 is 4.42 Å². The van der Waals surface area contributed by atoms with E-state index in [2.05, 4.69) is 34.7 Å². The molecular formula is C18H15N2O+. The van der Waals surface area contributed by atoms with E-state index in [1.165, 1.54) is 5.56 Å². The highest BCUT2D eigenvalue weighted by atomic mass is 16.3. The van der Waals surface area contributed by atoms with E-state index in [4.69, 9.17) is 4.42 Å². The molecule has 2 heterocycles. The van der Waals surface area contributed by atoms with Crippen LogP contribution in [-0.2, 0) is 7.05 Å². The number of nitrogens with zero attached hydrogens (tertiary/aromatic N) is 2. The van der Waals surface area contributed by atoms with Gasteiger partial charge >= 0.3 is 0 Å². The molecule has 0 aliphatic rings. The minimum absolute atomic E-state index is 0.922. The molecule has 3 nitrogen and oxygen atoms in total. The standard InChI is InChI=1S/C18H15N2O/c1-12-7-8-14-13-5-3-4-6-16(13)21-18(14)17(12)15-11-19-9-10-20(15)2/h3-11H,1-2H3/q+1. The highest BCUT2D eigenvalue weighted by Crippen LogP contribution is 2.36. The van der Waals surface area contributed by atoms with E-state index in [9.17, 15) is 0 Å². The van der Waals surface area contributed by atoms with E-state index in [-0.39, 0.29) is 0 Å². The Balaban J connectivity index is 2.18. The first kappa shape index (κ1) is 12.1. The van der Waals surface area contributed by atoms with Crippen molar-refractivity contribution in [2.45, 2.75) is 6.92 Å². The van der Waals surface area contributed by atoms with E-state index in [0.29, 0.717) is 0 Å². The van der Waals surface area contributed by atoms with Crippen LogP contribution in [0, 0.1) is 6.92 Å². The van der Waals surface area contributed by atoms with Crippen molar-refractivity contribution in [2.24, 2.45) is 7.05 Å². The number of para-hydroxylation sites is 1. The minimum Gasteiger partial charge on any atom is -0.455 e. The Morgan fingerprint density at radius 1 is 1.05 bits per heavy atom. The van der Waals surface area contributed by atoms with Crippen LogP contribution < -0.4 is 4.57 Å². The molecule has 4 aromatic rings. The number of furan rings is 1. The molecule has 0 saturated carbocycles. The summed E-state index contributed by atoms with van der Waals surface area (Å²) < 4.78 is 8.20. The van der Waals surface area contributed by atoms with Gasteiger partial charge in [-0.05, 0) is 18.6 Å². The molecule has 21 heavy (non-hydrogen) atoms. The third-order valence-corrected chi connectivity index (χ3v) is 3.96. The van der Waals surface area contributed by atoms with E-state index in [1.54, 1.807) is 6.20 Å². The highest BCUT2D eigenvalue weighted by molar-refractivity contribution is 6.09. The zero-order valence-electron chi connectivity index (χ0n) is 12.0. The molecule has 0 atom stereocenters. The zero-order chi connectivity index (χ0) is 14.4. The average Bonchev–Trinajstić information content (AvgIpc) is 2.87. The molecular weight excluding hydrogens is 260 g/mol. The van der Waals surface area contributed by atoms with Gasteiger partial charge in [0.2, 0.25) is 5.69 Å². The average molecular weight is 275 g/mol. The second kappa shape index (κ2) is 4.42. The second-order valence-corrected chi connectivity index (χ2v) is 5.30. The van der Waals surface area contributed by atoms with Crippen molar-refractivity contribution in [1.29, 1.82) is 0 Å². The minimum atomic E-state index is 0.922. The first-order valence-corrected chi connectivity index (χ1v) is 6.96. The maximum Gasteiger partial charge on any atom is 0.234 e. The summed E-state index contributed by atoms with van der Waals surface area (Å²) in [7, 11) is 2.03. The van der Waals surface area contributed by atoms with Gasteiger partial charge in [-0.1, -0.05) is 30.3 Å². The topological polar surface area (TPSA) is 29.9 Å². The lowest BCUT2D eigenvalue weighted by atomic mass is 10.0. The van der Waals surface area contributed by atoms with Gasteiger partial charge in [-0.15, -0.1) is 0 Å². The van der Waals surface area contributed by atoms with Gasteiger partial charge in [0, 0.05) is 10.8 Å². The predicted octanol–water partition coefficient (Wildman–Crippen LogP) is 3.78. The van der Waals surface area contributed by atoms with E-state index >= 15 is 0 Å². The quantitative estimate of drug-likeness (QED) is 0.495. The van der Waals surface area contributed by atoms with Crippen molar-refractivity contribution >= 4 is 21.9 Å². The van der Waals surface area contributed by atoms with Crippen LogP contribution >= 0.6 is 0 Å².